The summed E-state index contributed by atoms with van der Waals surface area (Å²) >= 11 is 0. The van der Waals surface area contributed by atoms with E-state index in [-0.39, 0.29) is 0 Å². The lowest BCUT2D eigenvalue weighted by Crippen LogP contribution is -1.93. The quantitative estimate of drug-likeness (QED) is 0.270. The molecular formula is C30H25NO. The van der Waals surface area contributed by atoms with Gasteiger partial charge in [-0.1, -0.05) is 97.1 Å². The van der Waals surface area contributed by atoms with Crippen molar-refractivity contribution in [3.63, 3.8) is 0 Å². The second kappa shape index (κ2) is 9.49. The van der Waals surface area contributed by atoms with Gasteiger partial charge in [-0.05, 0) is 59.2 Å². The minimum atomic E-state index is 0.685. The molecule has 0 saturated heterocycles. The van der Waals surface area contributed by atoms with E-state index in [4.69, 9.17) is 9.40 Å². The highest BCUT2D eigenvalue weighted by Gasteiger charge is 2.09. The van der Waals surface area contributed by atoms with Crippen LogP contribution in [-0.4, -0.2) is 4.98 Å². The van der Waals surface area contributed by atoms with Crippen LogP contribution >= 0.6 is 0 Å². The van der Waals surface area contributed by atoms with Gasteiger partial charge < -0.3 is 4.42 Å². The van der Waals surface area contributed by atoms with Crippen LogP contribution in [0.2, 0.25) is 0 Å². The molecule has 0 bridgehead atoms. The SMILES string of the molecule is c1ccc(-c2ccc(-c3nc(CCCc4ccccc4-c4ccccc4)co3)cc2)cc1. The lowest BCUT2D eigenvalue weighted by molar-refractivity contribution is 0.572. The van der Waals surface area contributed by atoms with Gasteiger partial charge in [0.1, 0.15) is 6.26 Å². The second-order valence-corrected chi connectivity index (χ2v) is 7.96. The van der Waals surface area contributed by atoms with Crippen LogP contribution in [-0.2, 0) is 12.8 Å². The van der Waals surface area contributed by atoms with Gasteiger partial charge in [0.05, 0.1) is 5.69 Å². The van der Waals surface area contributed by atoms with Crippen molar-refractivity contribution in [1.29, 1.82) is 0 Å². The van der Waals surface area contributed by atoms with E-state index in [1.165, 1.54) is 27.8 Å². The maximum Gasteiger partial charge on any atom is 0.226 e. The van der Waals surface area contributed by atoms with Gasteiger partial charge in [0, 0.05) is 5.56 Å². The zero-order valence-corrected chi connectivity index (χ0v) is 17.9. The van der Waals surface area contributed by atoms with Crippen LogP contribution in [0.5, 0.6) is 0 Å². The number of nitrogens with zero attached hydrogens (tertiary/aromatic N) is 1. The first-order valence-electron chi connectivity index (χ1n) is 11.1. The molecule has 2 nitrogen and oxygen atoms in total. The first-order valence-corrected chi connectivity index (χ1v) is 11.1. The molecule has 0 unspecified atom stereocenters. The highest BCUT2D eigenvalue weighted by Crippen LogP contribution is 2.26. The monoisotopic (exact) mass is 415 g/mol. The molecule has 1 heterocycles. The molecule has 5 aromatic rings. The first kappa shape index (κ1) is 20.0. The normalized spacial score (nSPS) is 10.9. The van der Waals surface area contributed by atoms with Crippen LogP contribution in [0.1, 0.15) is 17.7 Å². The summed E-state index contributed by atoms with van der Waals surface area (Å²) in [6.07, 6.45) is 4.74. The Morgan fingerprint density at radius 1 is 0.531 bits per heavy atom. The summed E-state index contributed by atoms with van der Waals surface area (Å²) in [5, 5.41) is 0. The predicted molar refractivity (Wildman–Crippen MR) is 131 cm³/mol. The van der Waals surface area contributed by atoms with Crippen LogP contribution in [0, 0.1) is 0 Å². The van der Waals surface area contributed by atoms with Gasteiger partial charge in [-0.25, -0.2) is 4.98 Å². The van der Waals surface area contributed by atoms with Crippen LogP contribution < -0.4 is 0 Å². The van der Waals surface area contributed by atoms with E-state index in [2.05, 4.69) is 103 Å². The summed E-state index contributed by atoms with van der Waals surface area (Å²) in [6.45, 7) is 0. The van der Waals surface area contributed by atoms with Crippen molar-refractivity contribution in [2.45, 2.75) is 19.3 Å². The molecule has 0 aliphatic heterocycles. The molecule has 0 saturated carbocycles. The summed E-state index contributed by atoms with van der Waals surface area (Å²) in [7, 11) is 0. The predicted octanol–water partition coefficient (Wildman–Crippen LogP) is 7.85. The van der Waals surface area contributed by atoms with Gasteiger partial charge in [0.15, 0.2) is 0 Å². The smallest absolute Gasteiger partial charge is 0.226 e. The molecule has 156 valence electrons. The Morgan fingerprint density at radius 2 is 1.12 bits per heavy atom. The van der Waals surface area contributed by atoms with Gasteiger partial charge in [0.25, 0.3) is 0 Å². The lowest BCUT2D eigenvalue weighted by atomic mass is 9.96. The number of aryl methyl sites for hydroxylation is 2. The van der Waals surface area contributed by atoms with E-state index in [1.54, 1.807) is 6.26 Å². The molecule has 0 spiro atoms. The maximum atomic E-state index is 5.78. The Hall–Kier alpha value is -3.91. The van der Waals surface area contributed by atoms with Crippen molar-refractivity contribution < 1.29 is 4.42 Å². The summed E-state index contributed by atoms with van der Waals surface area (Å²) in [5.41, 5.74) is 8.37. The average Bonchev–Trinajstić information content (AvgIpc) is 3.34. The largest absolute Gasteiger partial charge is 0.444 e. The van der Waals surface area contributed by atoms with Gasteiger partial charge in [-0.15, -0.1) is 0 Å². The Morgan fingerprint density at radius 3 is 1.88 bits per heavy atom. The van der Waals surface area contributed by atoms with Crippen LogP contribution in [0.4, 0.5) is 0 Å². The molecule has 0 atom stereocenters. The Kier molecular flexibility index (Phi) is 5.93. The minimum Gasteiger partial charge on any atom is -0.444 e. The van der Waals surface area contributed by atoms with E-state index in [1.807, 2.05) is 6.07 Å². The molecule has 1 aromatic heterocycles. The van der Waals surface area contributed by atoms with Crippen molar-refractivity contribution in [2.24, 2.45) is 0 Å². The van der Waals surface area contributed by atoms with E-state index < -0.39 is 0 Å². The van der Waals surface area contributed by atoms with E-state index in [0.717, 1.165) is 30.5 Å². The standard InChI is InChI=1S/C30H25NO/c1-3-10-23(11-4-1)24-18-20-27(21-19-24)30-31-28(22-32-30)16-9-15-26-14-7-8-17-29(26)25-12-5-2-6-13-25/h1-8,10-14,17-22H,9,15-16H2. The molecule has 4 aromatic carbocycles. The van der Waals surface area contributed by atoms with Crippen molar-refractivity contribution in [3.05, 3.63) is 127 Å². The molecule has 0 aliphatic carbocycles. The van der Waals surface area contributed by atoms with Gasteiger partial charge in [-0.3, -0.25) is 0 Å². The zero-order chi connectivity index (χ0) is 21.6. The molecular weight excluding hydrogens is 390 g/mol. The molecule has 0 amide bonds. The average molecular weight is 416 g/mol. The third-order valence-corrected chi connectivity index (χ3v) is 5.77. The van der Waals surface area contributed by atoms with Crippen molar-refractivity contribution in [2.75, 3.05) is 0 Å². The van der Waals surface area contributed by atoms with Crippen molar-refractivity contribution >= 4 is 0 Å². The van der Waals surface area contributed by atoms with Crippen molar-refractivity contribution in [1.82, 2.24) is 4.98 Å². The Bertz CT molecular complexity index is 1270. The fourth-order valence-electron chi connectivity index (χ4n) is 4.09. The minimum absolute atomic E-state index is 0.685. The van der Waals surface area contributed by atoms with Gasteiger partial charge in [0.2, 0.25) is 5.89 Å². The molecule has 5 rings (SSSR count). The molecule has 0 fully saturated rings. The number of rotatable bonds is 7. The fourth-order valence-corrected chi connectivity index (χ4v) is 4.09. The van der Waals surface area contributed by atoms with Gasteiger partial charge in [-0.2, -0.15) is 0 Å². The number of oxazole rings is 1. The van der Waals surface area contributed by atoms with Crippen molar-refractivity contribution in [3.8, 4) is 33.7 Å². The third kappa shape index (κ3) is 4.55. The Labute approximate surface area is 189 Å². The van der Waals surface area contributed by atoms with E-state index in [9.17, 15) is 0 Å². The fraction of sp³-hybridized carbons (Fsp3) is 0.100. The molecule has 0 aliphatic rings. The first-order chi connectivity index (χ1) is 15.9. The van der Waals surface area contributed by atoms with E-state index >= 15 is 0 Å². The highest BCUT2D eigenvalue weighted by atomic mass is 16.3. The van der Waals surface area contributed by atoms with E-state index in [0.29, 0.717) is 5.89 Å². The number of benzene rings is 4. The topological polar surface area (TPSA) is 26.0 Å². The van der Waals surface area contributed by atoms with Crippen LogP contribution in [0.15, 0.2) is 120 Å². The summed E-state index contributed by atoms with van der Waals surface area (Å²) in [4.78, 5) is 4.73. The summed E-state index contributed by atoms with van der Waals surface area (Å²) in [5.74, 6) is 0.685. The third-order valence-electron chi connectivity index (χ3n) is 5.77. The summed E-state index contributed by atoms with van der Waals surface area (Å²) < 4.78 is 5.78. The molecule has 32 heavy (non-hydrogen) atoms. The number of hydrogen-bond donors (Lipinski definition) is 0. The molecule has 0 radical (unpaired) electrons. The van der Waals surface area contributed by atoms with Gasteiger partial charge >= 0.3 is 0 Å². The zero-order valence-electron chi connectivity index (χ0n) is 17.9. The van der Waals surface area contributed by atoms with Crippen LogP contribution in [0.3, 0.4) is 0 Å². The molecule has 2 heteroatoms. The number of aromatic nitrogens is 1. The van der Waals surface area contributed by atoms with Crippen LogP contribution in [0.25, 0.3) is 33.7 Å². The maximum absolute atomic E-state index is 5.78. The molecule has 0 N–H and O–H groups in total. The lowest BCUT2D eigenvalue weighted by Gasteiger charge is -2.09. The highest BCUT2D eigenvalue weighted by molar-refractivity contribution is 5.68. The Balaban J connectivity index is 1.23. The number of hydrogen-bond acceptors (Lipinski definition) is 2. The summed E-state index contributed by atoms with van der Waals surface area (Å²) in [6, 6.07) is 38.0. The second-order valence-electron chi connectivity index (χ2n) is 7.96.